The molecule has 0 aliphatic carbocycles. The van der Waals surface area contributed by atoms with Crippen LogP contribution in [-0.2, 0) is 6.42 Å². The lowest BCUT2D eigenvalue weighted by Gasteiger charge is -2.20. The van der Waals surface area contributed by atoms with E-state index in [2.05, 4.69) is 4.98 Å². The number of pyridine rings is 1. The van der Waals surface area contributed by atoms with Gasteiger partial charge in [0.05, 0.1) is 0 Å². The molecule has 2 aromatic rings. The van der Waals surface area contributed by atoms with Gasteiger partial charge in [0.15, 0.2) is 5.11 Å². The normalized spacial score (nSPS) is 10.2. The predicted molar refractivity (Wildman–Crippen MR) is 91.4 cm³/mol. The first-order valence-electron chi connectivity index (χ1n) is 7.25. The van der Waals surface area contributed by atoms with E-state index in [1.165, 1.54) is 4.90 Å². The van der Waals surface area contributed by atoms with Gasteiger partial charge >= 0.3 is 0 Å². The molecule has 0 radical (unpaired) electrons. The van der Waals surface area contributed by atoms with Crippen LogP contribution in [0.3, 0.4) is 0 Å². The second-order valence-corrected chi connectivity index (χ2v) is 5.36. The van der Waals surface area contributed by atoms with Gasteiger partial charge in [0.2, 0.25) is 0 Å². The quantitative estimate of drug-likeness (QED) is 0.658. The van der Waals surface area contributed by atoms with Crippen molar-refractivity contribution in [1.82, 2.24) is 9.88 Å². The minimum absolute atomic E-state index is 0.117. The van der Waals surface area contributed by atoms with Crippen molar-refractivity contribution in [3.8, 4) is 0 Å². The summed E-state index contributed by atoms with van der Waals surface area (Å²) in [5.41, 5.74) is 7.34. The average Bonchev–Trinajstić information content (AvgIpc) is 2.56. The molecule has 0 spiro atoms. The molecule has 1 aromatic heterocycles. The van der Waals surface area contributed by atoms with E-state index >= 15 is 0 Å². The molecule has 0 aliphatic rings. The zero-order valence-corrected chi connectivity index (χ0v) is 13.1. The third-order valence-corrected chi connectivity index (χ3v) is 3.54. The average molecular weight is 313 g/mol. The van der Waals surface area contributed by atoms with Gasteiger partial charge in [0, 0.05) is 24.0 Å². The number of rotatable bonds is 6. The number of nitrogens with zero attached hydrogens (tertiary/aromatic N) is 2. The molecule has 0 atom stereocenters. The van der Waals surface area contributed by atoms with E-state index in [9.17, 15) is 4.79 Å². The van der Waals surface area contributed by atoms with Crippen molar-refractivity contribution in [2.75, 3.05) is 6.54 Å². The van der Waals surface area contributed by atoms with Crippen LogP contribution in [0, 0.1) is 0 Å². The zero-order chi connectivity index (χ0) is 15.8. The van der Waals surface area contributed by atoms with E-state index in [1.54, 1.807) is 18.3 Å². The number of carbonyl (C=O) groups excluding carboxylic acids is 1. The van der Waals surface area contributed by atoms with E-state index in [0.29, 0.717) is 12.1 Å². The number of unbranched alkanes of at least 4 members (excludes halogenated alkanes) is 1. The summed E-state index contributed by atoms with van der Waals surface area (Å²) in [6.45, 7) is 0.524. The van der Waals surface area contributed by atoms with Crippen LogP contribution in [0.1, 0.15) is 28.9 Å². The first kappa shape index (κ1) is 16.1. The molecule has 2 rings (SSSR count). The number of aryl methyl sites for hydroxylation is 1. The van der Waals surface area contributed by atoms with Gasteiger partial charge in [-0.05, 0) is 55.7 Å². The van der Waals surface area contributed by atoms with Gasteiger partial charge in [-0.1, -0.05) is 24.3 Å². The summed E-state index contributed by atoms with van der Waals surface area (Å²) in [4.78, 5) is 18.1. The molecule has 0 fully saturated rings. The Morgan fingerprint density at radius 3 is 2.45 bits per heavy atom. The fourth-order valence-corrected chi connectivity index (χ4v) is 2.34. The fraction of sp³-hybridized carbons (Fsp3) is 0.235. The van der Waals surface area contributed by atoms with Crippen molar-refractivity contribution < 1.29 is 4.79 Å². The molecular formula is C17H19N3OS. The molecule has 114 valence electrons. The zero-order valence-electron chi connectivity index (χ0n) is 12.3. The highest BCUT2D eigenvalue weighted by molar-refractivity contribution is 7.80. The largest absolute Gasteiger partial charge is 0.376 e. The second-order valence-electron chi connectivity index (χ2n) is 4.94. The van der Waals surface area contributed by atoms with E-state index in [1.807, 2.05) is 36.4 Å². The molecule has 4 nitrogen and oxygen atoms in total. The maximum absolute atomic E-state index is 12.4. The molecule has 1 heterocycles. The summed E-state index contributed by atoms with van der Waals surface area (Å²) in [5, 5.41) is 0.117. The summed E-state index contributed by atoms with van der Waals surface area (Å²) in [7, 11) is 0. The number of carbonyl (C=O) groups is 1. The van der Waals surface area contributed by atoms with Crippen LogP contribution in [0.5, 0.6) is 0 Å². The Kier molecular flexibility index (Phi) is 6.03. The van der Waals surface area contributed by atoms with Crippen molar-refractivity contribution in [3.63, 3.8) is 0 Å². The maximum atomic E-state index is 12.4. The van der Waals surface area contributed by atoms with Crippen LogP contribution in [0.15, 0.2) is 54.7 Å². The minimum atomic E-state index is -0.147. The molecule has 0 saturated heterocycles. The minimum Gasteiger partial charge on any atom is -0.376 e. The molecule has 0 bridgehead atoms. The van der Waals surface area contributed by atoms with E-state index in [4.69, 9.17) is 18.0 Å². The first-order valence-corrected chi connectivity index (χ1v) is 7.65. The van der Waals surface area contributed by atoms with Crippen molar-refractivity contribution in [3.05, 3.63) is 66.0 Å². The second kappa shape index (κ2) is 8.24. The summed E-state index contributed by atoms with van der Waals surface area (Å²) in [6, 6.07) is 14.9. The Labute approximate surface area is 136 Å². The summed E-state index contributed by atoms with van der Waals surface area (Å²) < 4.78 is 0. The molecule has 2 N–H and O–H groups in total. The predicted octanol–water partition coefficient (Wildman–Crippen LogP) is 2.79. The van der Waals surface area contributed by atoms with Gasteiger partial charge in [0.25, 0.3) is 5.91 Å². The van der Waals surface area contributed by atoms with Gasteiger partial charge in [-0.25, -0.2) is 0 Å². The number of aromatic nitrogens is 1. The highest BCUT2D eigenvalue weighted by Gasteiger charge is 2.17. The fourth-order valence-electron chi connectivity index (χ4n) is 2.17. The van der Waals surface area contributed by atoms with Crippen molar-refractivity contribution >= 4 is 23.2 Å². The maximum Gasteiger partial charge on any atom is 0.260 e. The SMILES string of the molecule is NC(=S)N(CCCCc1ccccn1)C(=O)c1ccccc1. The Morgan fingerprint density at radius 1 is 1.09 bits per heavy atom. The molecule has 1 aromatic carbocycles. The Morgan fingerprint density at radius 2 is 1.82 bits per heavy atom. The lowest BCUT2D eigenvalue weighted by molar-refractivity contribution is 0.0847. The Balaban J connectivity index is 1.87. The third-order valence-electron chi connectivity index (χ3n) is 3.32. The monoisotopic (exact) mass is 313 g/mol. The summed E-state index contributed by atoms with van der Waals surface area (Å²) in [5.74, 6) is -0.147. The van der Waals surface area contributed by atoms with E-state index in [0.717, 1.165) is 25.0 Å². The Bertz CT molecular complexity index is 616. The van der Waals surface area contributed by atoms with Crippen molar-refractivity contribution in [1.29, 1.82) is 0 Å². The number of nitrogens with two attached hydrogens (primary N) is 1. The highest BCUT2D eigenvalue weighted by atomic mass is 32.1. The highest BCUT2D eigenvalue weighted by Crippen LogP contribution is 2.08. The number of hydrogen-bond donors (Lipinski definition) is 1. The molecule has 22 heavy (non-hydrogen) atoms. The standard InChI is InChI=1S/C17H19N3OS/c18-17(22)20(16(21)14-8-2-1-3-9-14)13-7-5-11-15-10-4-6-12-19-15/h1-4,6,8-10,12H,5,7,11,13H2,(H2,18,22). The van der Waals surface area contributed by atoms with Gasteiger partial charge in [-0.2, -0.15) is 0 Å². The molecule has 5 heteroatoms. The van der Waals surface area contributed by atoms with Crippen molar-refractivity contribution in [2.24, 2.45) is 5.73 Å². The molecule has 0 saturated carbocycles. The van der Waals surface area contributed by atoms with Gasteiger partial charge in [-0.3, -0.25) is 14.7 Å². The van der Waals surface area contributed by atoms with Crippen LogP contribution < -0.4 is 5.73 Å². The topological polar surface area (TPSA) is 59.2 Å². The molecular weight excluding hydrogens is 294 g/mol. The van der Waals surface area contributed by atoms with Gasteiger partial charge in [-0.15, -0.1) is 0 Å². The van der Waals surface area contributed by atoms with Crippen LogP contribution >= 0.6 is 12.2 Å². The molecule has 0 aliphatic heterocycles. The molecule has 0 unspecified atom stereocenters. The van der Waals surface area contributed by atoms with Crippen LogP contribution in [0.2, 0.25) is 0 Å². The first-order chi connectivity index (χ1) is 10.7. The van der Waals surface area contributed by atoms with Crippen molar-refractivity contribution in [2.45, 2.75) is 19.3 Å². The summed E-state index contributed by atoms with van der Waals surface area (Å²) in [6.07, 6.45) is 4.42. The van der Waals surface area contributed by atoms with Crippen LogP contribution in [0.25, 0.3) is 0 Å². The summed E-state index contributed by atoms with van der Waals surface area (Å²) >= 11 is 5.01. The Hall–Kier alpha value is -2.27. The van der Waals surface area contributed by atoms with Crippen LogP contribution in [0.4, 0.5) is 0 Å². The number of benzene rings is 1. The van der Waals surface area contributed by atoms with E-state index in [-0.39, 0.29) is 11.0 Å². The van der Waals surface area contributed by atoms with E-state index < -0.39 is 0 Å². The smallest absolute Gasteiger partial charge is 0.260 e. The lowest BCUT2D eigenvalue weighted by atomic mass is 10.1. The number of hydrogen-bond acceptors (Lipinski definition) is 3. The van der Waals surface area contributed by atoms with Gasteiger partial charge < -0.3 is 5.73 Å². The third kappa shape index (κ3) is 4.63. The van der Waals surface area contributed by atoms with Gasteiger partial charge in [0.1, 0.15) is 0 Å². The lowest BCUT2D eigenvalue weighted by Crippen LogP contribution is -2.41. The number of amides is 1. The number of thiocarbonyl (C=S) groups is 1. The van der Waals surface area contributed by atoms with Crippen LogP contribution in [-0.4, -0.2) is 27.4 Å². The molecule has 1 amide bonds.